The molecule has 0 saturated heterocycles. The predicted octanol–water partition coefficient (Wildman–Crippen LogP) is 4.13. The van der Waals surface area contributed by atoms with Crippen LogP contribution in [0, 0.1) is 6.92 Å². The molecule has 0 aliphatic carbocycles. The summed E-state index contributed by atoms with van der Waals surface area (Å²) in [5, 5.41) is 0. The molecule has 2 rings (SSSR count). The summed E-state index contributed by atoms with van der Waals surface area (Å²) >= 11 is 3.39. The third kappa shape index (κ3) is 2.55. The predicted molar refractivity (Wildman–Crippen MR) is 69.8 cm³/mol. The number of anilines is 1. The van der Waals surface area contributed by atoms with Gasteiger partial charge in [-0.1, -0.05) is 33.6 Å². The van der Waals surface area contributed by atoms with Crippen molar-refractivity contribution in [1.29, 1.82) is 0 Å². The molecule has 0 spiro atoms. The minimum absolute atomic E-state index is 0.628. The number of aryl methyl sites for hydroxylation is 1. The number of ether oxygens (including phenoxy) is 1. The van der Waals surface area contributed by atoms with Crippen molar-refractivity contribution in [3.05, 3.63) is 52.5 Å². The van der Waals surface area contributed by atoms with Gasteiger partial charge < -0.3 is 10.5 Å². The fourth-order valence-corrected chi connectivity index (χ4v) is 1.67. The summed E-state index contributed by atoms with van der Waals surface area (Å²) < 4.78 is 6.64. The van der Waals surface area contributed by atoms with E-state index >= 15 is 0 Å². The number of rotatable bonds is 2. The van der Waals surface area contributed by atoms with Crippen molar-refractivity contribution in [3.8, 4) is 11.5 Å². The molecule has 2 aromatic carbocycles. The van der Waals surface area contributed by atoms with Crippen molar-refractivity contribution >= 4 is 21.6 Å². The minimum Gasteiger partial charge on any atom is -0.455 e. The van der Waals surface area contributed by atoms with Crippen molar-refractivity contribution < 1.29 is 4.74 Å². The first-order chi connectivity index (χ1) is 7.65. The van der Waals surface area contributed by atoms with Gasteiger partial charge in [0.15, 0.2) is 5.75 Å². The fourth-order valence-electron chi connectivity index (χ4n) is 1.33. The molecule has 2 aromatic rings. The Bertz CT molecular complexity index is 494. The molecule has 0 atom stereocenters. The van der Waals surface area contributed by atoms with E-state index in [0.29, 0.717) is 11.4 Å². The van der Waals surface area contributed by atoms with Gasteiger partial charge >= 0.3 is 0 Å². The normalized spacial score (nSPS) is 10.1. The average Bonchev–Trinajstić information content (AvgIpc) is 2.27. The van der Waals surface area contributed by atoms with Gasteiger partial charge in [0, 0.05) is 4.47 Å². The first-order valence-electron chi connectivity index (χ1n) is 4.95. The second-order valence-electron chi connectivity index (χ2n) is 3.60. The molecule has 0 aromatic heterocycles. The highest BCUT2D eigenvalue weighted by Gasteiger charge is 2.02. The molecule has 0 unspecified atom stereocenters. The summed E-state index contributed by atoms with van der Waals surface area (Å²) in [5.41, 5.74) is 7.65. The zero-order valence-electron chi connectivity index (χ0n) is 8.91. The Labute approximate surface area is 103 Å². The number of hydrogen-bond acceptors (Lipinski definition) is 2. The van der Waals surface area contributed by atoms with E-state index in [9.17, 15) is 0 Å². The van der Waals surface area contributed by atoms with Crippen LogP contribution in [0.1, 0.15) is 5.56 Å². The zero-order valence-corrected chi connectivity index (χ0v) is 10.5. The number of nitrogens with two attached hydrogens (primary N) is 1. The summed E-state index contributed by atoms with van der Waals surface area (Å²) in [6.07, 6.45) is 0. The van der Waals surface area contributed by atoms with Crippen LogP contribution in [0.3, 0.4) is 0 Å². The lowest BCUT2D eigenvalue weighted by Gasteiger charge is -2.08. The fraction of sp³-hybridized carbons (Fsp3) is 0.0769. The molecule has 3 heteroatoms. The molecule has 2 nitrogen and oxygen atoms in total. The molecule has 0 aliphatic heterocycles. The van der Waals surface area contributed by atoms with Crippen LogP contribution in [0.2, 0.25) is 0 Å². The highest BCUT2D eigenvalue weighted by Crippen LogP contribution is 2.30. The van der Waals surface area contributed by atoms with Crippen LogP contribution >= 0.6 is 15.9 Å². The standard InChI is InChI=1S/C13H12BrNO/c1-9-2-5-11(6-3-9)16-13-8-10(14)4-7-12(13)15/h2-8H,15H2,1H3. The van der Waals surface area contributed by atoms with Crippen molar-refractivity contribution in [3.63, 3.8) is 0 Å². The first-order valence-corrected chi connectivity index (χ1v) is 5.74. The summed E-state index contributed by atoms with van der Waals surface area (Å²) in [7, 11) is 0. The summed E-state index contributed by atoms with van der Waals surface area (Å²) in [6, 6.07) is 13.4. The lowest BCUT2D eigenvalue weighted by atomic mass is 10.2. The molecule has 0 aliphatic rings. The quantitative estimate of drug-likeness (QED) is 0.838. The van der Waals surface area contributed by atoms with E-state index in [-0.39, 0.29) is 0 Å². The van der Waals surface area contributed by atoms with Gasteiger partial charge in [0.25, 0.3) is 0 Å². The molecule has 0 bridgehead atoms. The Morgan fingerprint density at radius 3 is 2.44 bits per heavy atom. The number of hydrogen-bond donors (Lipinski definition) is 1. The van der Waals surface area contributed by atoms with E-state index in [2.05, 4.69) is 15.9 Å². The Balaban J connectivity index is 2.26. The Hall–Kier alpha value is -1.48. The molecular weight excluding hydrogens is 266 g/mol. The lowest BCUT2D eigenvalue weighted by molar-refractivity contribution is 0.484. The van der Waals surface area contributed by atoms with Crippen molar-refractivity contribution in [1.82, 2.24) is 0 Å². The summed E-state index contributed by atoms with van der Waals surface area (Å²) in [4.78, 5) is 0. The van der Waals surface area contributed by atoms with Gasteiger partial charge in [0.05, 0.1) is 5.69 Å². The van der Waals surface area contributed by atoms with E-state index in [1.54, 1.807) is 0 Å². The van der Waals surface area contributed by atoms with E-state index in [1.807, 2.05) is 49.4 Å². The summed E-state index contributed by atoms with van der Waals surface area (Å²) in [5.74, 6) is 1.45. The minimum atomic E-state index is 0.628. The topological polar surface area (TPSA) is 35.2 Å². The van der Waals surface area contributed by atoms with Gasteiger partial charge in [-0.3, -0.25) is 0 Å². The van der Waals surface area contributed by atoms with Crippen LogP contribution < -0.4 is 10.5 Å². The van der Waals surface area contributed by atoms with E-state index in [4.69, 9.17) is 10.5 Å². The molecule has 0 amide bonds. The smallest absolute Gasteiger partial charge is 0.151 e. The molecular formula is C13H12BrNO. The van der Waals surface area contributed by atoms with Crippen LogP contribution in [0.5, 0.6) is 11.5 Å². The van der Waals surface area contributed by atoms with Gasteiger partial charge in [-0.25, -0.2) is 0 Å². The lowest BCUT2D eigenvalue weighted by Crippen LogP contribution is -1.91. The maximum Gasteiger partial charge on any atom is 0.151 e. The molecule has 0 radical (unpaired) electrons. The van der Waals surface area contributed by atoms with Gasteiger partial charge in [-0.05, 0) is 37.3 Å². The van der Waals surface area contributed by atoms with Crippen molar-refractivity contribution in [2.45, 2.75) is 6.92 Å². The third-order valence-electron chi connectivity index (χ3n) is 2.22. The highest BCUT2D eigenvalue weighted by atomic mass is 79.9. The zero-order chi connectivity index (χ0) is 11.5. The third-order valence-corrected chi connectivity index (χ3v) is 2.72. The maximum atomic E-state index is 5.82. The molecule has 0 saturated carbocycles. The van der Waals surface area contributed by atoms with Crippen LogP contribution in [-0.4, -0.2) is 0 Å². The van der Waals surface area contributed by atoms with E-state index in [1.165, 1.54) is 5.56 Å². The number of halogens is 1. The molecule has 2 N–H and O–H groups in total. The molecule has 0 fully saturated rings. The number of benzene rings is 2. The largest absolute Gasteiger partial charge is 0.455 e. The van der Waals surface area contributed by atoms with Gasteiger partial charge in [-0.2, -0.15) is 0 Å². The maximum absolute atomic E-state index is 5.82. The van der Waals surface area contributed by atoms with Crippen molar-refractivity contribution in [2.24, 2.45) is 0 Å². The first kappa shape index (κ1) is 11.0. The monoisotopic (exact) mass is 277 g/mol. The van der Waals surface area contributed by atoms with Crippen molar-refractivity contribution in [2.75, 3.05) is 5.73 Å². The van der Waals surface area contributed by atoms with Gasteiger partial charge in [-0.15, -0.1) is 0 Å². The molecule has 82 valence electrons. The average molecular weight is 278 g/mol. The Morgan fingerprint density at radius 2 is 1.75 bits per heavy atom. The van der Waals surface area contributed by atoms with E-state index < -0.39 is 0 Å². The second-order valence-corrected chi connectivity index (χ2v) is 4.51. The van der Waals surface area contributed by atoms with Crippen LogP contribution in [0.15, 0.2) is 46.9 Å². The number of nitrogen functional groups attached to an aromatic ring is 1. The molecule has 16 heavy (non-hydrogen) atoms. The van der Waals surface area contributed by atoms with Crippen LogP contribution in [-0.2, 0) is 0 Å². The Morgan fingerprint density at radius 1 is 1.06 bits per heavy atom. The summed E-state index contributed by atoms with van der Waals surface area (Å²) in [6.45, 7) is 2.04. The second kappa shape index (κ2) is 4.58. The van der Waals surface area contributed by atoms with Crippen LogP contribution in [0.4, 0.5) is 5.69 Å². The SMILES string of the molecule is Cc1ccc(Oc2cc(Br)ccc2N)cc1. The Kier molecular flexibility index (Phi) is 3.15. The highest BCUT2D eigenvalue weighted by molar-refractivity contribution is 9.10. The van der Waals surface area contributed by atoms with Crippen LogP contribution in [0.25, 0.3) is 0 Å². The van der Waals surface area contributed by atoms with Gasteiger partial charge in [0.2, 0.25) is 0 Å². The van der Waals surface area contributed by atoms with Gasteiger partial charge in [0.1, 0.15) is 5.75 Å². The molecule has 0 heterocycles. The van der Waals surface area contributed by atoms with E-state index in [0.717, 1.165) is 10.2 Å².